The van der Waals surface area contributed by atoms with E-state index in [9.17, 15) is 43.2 Å². The number of nitrogens with one attached hydrogen (secondary N) is 2. The highest BCUT2D eigenvalue weighted by Gasteiger charge is 2.32. The number of rotatable bonds is 7. The molecule has 0 aliphatic rings. The Balaban J connectivity index is 1.99. The molecule has 0 heterocycles. The fraction of sp³-hybridized carbons (Fsp3) is 0.143. The number of methoxy groups -OCH3 is 1. The zero-order valence-corrected chi connectivity index (χ0v) is 19.6. The molecule has 0 aliphatic carbocycles. The predicted octanol–water partition coefficient (Wildman–Crippen LogP) is 5.33. The molecule has 15 heteroatoms. The van der Waals surface area contributed by atoms with Gasteiger partial charge in [-0.05, 0) is 54.6 Å². The van der Waals surface area contributed by atoms with Gasteiger partial charge < -0.3 is 4.74 Å². The van der Waals surface area contributed by atoms with Crippen LogP contribution in [-0.2, 0) is 32.4 Å². The molecule has 0 fully saturated rings. The van der Waals surface area contributed by atoms with Crippen LogP contribution in [0.3, 0.4) is 0 Å². The minimum Gasteiger partial charge on any atom is -0.495 e. The average Bonchev–Trinajstić information content (AvgIpc) is 2.77. The van der Waals surface area contributed by atoms with Crippen LogP contribution in [0.15, 0.2) is 76.5 Å². The summed E-state index contributed by atoms with van der Waals surface area (Å²) in [5, 5.41) is 0. The maximum Gasteiger partial charge on any atom is 0.416 e. The topological polar surface area (TPSA) is 102 Å². The number of sulfonamides is 2. The van der Waals surface area contributed by atoms with E-state index in [1.165, 1.54) is 0 Å². The van der Waals surface area contributed by atoms with Crippen LogP contribution in [-0.4, -0.2) is 23.9 Å². The van der Waals surface area contributed by atoms with Crippen molar-refractivity contribution in [2.24, 2.45) is 0 Å². The van der Waals surface area contributed by atoms with Crippen LogP contribution in [0.2, 0.25) is 0 Å². The minimum atomic E-state index is -4.75. The van der Waals surface area contributed by atoms with Crippen LogP contribution in [0.25, 0.3) is 0 Å². The second-order valence-electron chi connectivity index (χ2n) is 7.18. The van der Waals surface area contributed by atoms with Crippen molar-refractivity contribution in [1.29, 1.82) is 0 Å². The molecule has 3 aromatic carbocycles. The van der Waals surface area contributed by atoms with E-state index in [4.69, 9.17) is 4.74 Å². The van der Waals surface area contributed by atoms with Gasteiger partial charge in [-0.2, -0.15) is 26.3 Å². The predicted molar refractivity (Wildman–Crippen MR) is 117 cm³/mol. The second-order valence-corrected chi connectivity index (χ2v) is 10.5. The van der Waals surface area contributed by atoms with E-state index in [0.717, 1.165) is 55.6 Å². The number of alkyl halides is 6. The van der Waals surface area contributed by atoms with Crippen LogP contribution < -0.4 is 14.2 Å². The lowest BCUT2D eigenvalue weighted by Crippen LogP contribution is -2.18. The van der Waals surface area contributed by atoms with E-state index in [-0.39, 0.29) is 5.75 Å². The Hall–Kier alpha value is -3.46. The summed E-state index contributed by atoms with van der Waals surface area (Å²) >= 11 is 0. The first kappa shape index (κ1) is 27.1. The SMILES string of the molecule is COc1ccc(S(=O)(=O)Nc2cccc(C(F)(F)F)c2)cc1S(=O)(=O)Nc1cccc(C(F)(F)F)c1. The van der Waals surface area contributed by atoms with Crippen molar-refractivity contribution in [3.05, 3.63) is 77.9 Å². The third kappa shape index (κ3) is 6.20. The average molecular weight is 554 g/mol. The normalized spacial score (nSPS) is 12.8. The molecule has 36 heavy (non-hydrogen) atoms. The van der Waals surface area contributed by atoms with Crippen molar-refractivity contribution in [2.75, 3.05) is 16.6 Å². The lowest BCUT2D eigenvalue weighted by molar-refractivity contribution is -0.138. The lowest BCUT2D eigenvalue weighted by atomic mass is 10.2. The highest BCUT2D eigenvalue weighted by molar-refractivity contribution is 7.93. The Morgan fingerprint density at radius 2 is 1.14 bits per heavy atom. The maximum atomic E-state index is 13.0. The fourth-order valence-corrected chi connectivity index (χ4v) is 5.37. The van der Waals surface area contributed by atoms with Gasteiger partial charge in [0.1, 0.15) is 10.6 Å². The summed E-state index contributed by atoms with van der Waals surface area (Å²) in [5.41, 5.74) is -3.14. The summed E-state index contributed by atoms with van der Waals surface area (Å²) in [6, 6.07) is 9.18. The molecular formula is C21H16F6N2O5S2. The number of hydrogen-bond acceptors (Lipinski definition) is 5. The summed E-state index contributed by atoms with van der Waals surface area (Å²) in [7, 11) is -8.20. The van der Waals surface area contributed by atoms with Crippen LogP contribution in [0.1, 0.15) is 11.1 Å². The third-order valence-electron chi connectivity index (χ3n) is 4.62. The summed E-state index contributed by atoms with van der Waals surface area (Å²) in [5.74, 6) is -0.340. The molecule has 0 spiro atoms. The van der Waals surface area contributed by atoms with Crippen LogP contribution in [0.4, 0.5) is 37.7 Å². The van der Waals surface area contributed by atoms with Crippen molar-refractivity contribution >= 4 is 31.4 Å². The largest absolute Gasteiger partial charge is 0.495 e. The van der Waals surface area contributed by atoms with E-state index in [1.54, 1.807) is 0 Å². The molecule has 0 saturated heterocycles. The number of halogens is 6. The van der Waals surface area contributed by atoms with Crippen molar-refractivity contribution in [3.63, 3.8) is 0 Å². The highest BCUT2D eigenvalue weighted by Crippen LogP contribution is 2.34. The van der Waals surface area contributed by atoms with Gasteiger partial charge in [0.05, 0.1) is 23.1 Å². The Kier molecular flexibility index (Phi) is 7.19. The Morgan fingerprint density at radius 1 is 0.667 bits per heavy atom. The highest BCUT2D eigenvalue weighted by atomic mass is 32.2. The van der Waals surface area contributed by atoms with Gasteiger partial charge in [0.2, 0.25) is 0 Å². The monoisotopic (exact) mass is 554 g/mol. The lowest BCUT2D eigenvalue weighted by Gasteiger charge is -2.15. The molecule has 7 nitrogen and oxygen atoms in total. The quantitative estimate of drug-likeness (QED) is 0.385. The Morgan fingerprint density at radius 3 is 1.58 bits per heavy atom. The molecule has 194 valence electrons. The third-order valence-corrected chi connectivity index (χ3v) is 7.40. The Labute approximate surface area is 201 Å². The smallest absolute Gasteiger partial charge is 0.416 e. The van der Waals surface area contributed by atoms with E-state index in [2.05, 4.69) is 0 Å². The summed E-state index contributed by atoms with van der Waals surface area (Å²) in [4.78, 5) is -1.40. The molecular weight excluding hydrogens is 538 g/mol. The zero-order chi connectivity index (χ0) is 26.9. The molecule has 0 bridgehead atoms. The van der Waals surface area contributed by atoms with Crippen LogP contribution >= 0.6 is 0 Å². The molecule has 2 N–H and O–H groups in total. The molecule has 0 aromatic heterocycles. The maximum absolute atomic E-state index is 13.0. The molecule has 0 amide bonds. The molecule has 0 unspecified atom stereocenters. The standard InChI is InChI=1S/C21H16F6N2O5S2/c1-34-18-9-8-17(35(30,31)28-15-6-2-4-13(10-15)20(22,23)24)12-19(18)36(32,33)29-16-7-3-5-14(11-16)21(25,26)27/h2-12,28-29H,1H3. The molecule has 0 atom stereocenters. The van der Waals surface area contributed by atoms with Gasteiger partial charge in [-0.25, -0.2) is 16.8 Å². The van der Waals surface area contributed by atoms with Crippen LogP contribution in [0.5, 0.6) is 5.75 Å². The Bertz CT molecular complexity index is 1490. The molecule has 0 radical (unpaired) electrons. The summed E-state index contributed by atoms with van der Waals surface area (Å²) < 4.78 is 138. The van der Waals surface area contributed by atoms with Gasteiger partial charge in [0.25, 0.3) is 20.0 Å². The van der Waals surface area contributed by atoms with Gasteiger partial charge in [0, 0.05) is 11.4 Å². The van der Waals surface area contributed by atoms with E-state index in [0.29, 0.717) is 18.2 Å². The van der Waals surface area contributed by atoms with Gasteiger partial charge in [0.15, 0.2) is 0 Å². The van der Waals surface area contributed by atoms with Gasteiger partial charge >= 0.3 is 12.4 Å². The first-order valence-corrected chi connectivity index (χ1v) is 12.6. The molecule has 3 aromatic rings. The van der Waals surface area contributed by atoms with Crippen molar-refractivity contribution in [1.82, 2.24) is 0 Å². The number of benzene rings is 3. The van der Waals surface area contributed by atoms with E-state index >= 15 is 0 Å². The zero-order valence-electron chi connectivity index (χ0n) is 18.0. The minimum absolute atomic E-state index is 0.340. The number of anilines is 2. The fourth-order valence-electron chi connectivity index (χ4n) is 2.98. The summed E-state index contributed by atoms with van der Waals surface area (Å²) in [6.07, 6.45) is -9.49. The number of hydrogen-bond donors (Lipinski definition) is 2. The van der Waals surface area contributed by atoms with Gasteiger partial charge in [-0.3, -0.25) is 9.44 Å². The summed E-state index contributed by atoms with van der Waals surface area (Å²) in [6.45, 7) is 0. The van der Waals surface area contributed by atoms with Crippen molar-refractivity contribution in [3.8, 4) is 5.75 Å². The molecule has 3 rings (SSSR count). The first-order chi connectivity index (χ1) is 16.5. The van der Waals surface area contributed by atoms with Crippen molar-refractivity contribution in [2.45, 2.75) is 22.1 Å². The number of ether oxygens (including phenoxy) is 1. The van der Waals surface area contributed by atoms with Crippen LogP contribution in [0, 0.1) is 0 Å². The van der Waals surface area contributed by atoms with E-state index < -0.39 is 64.7 Å². The first-order valence-electron chi connectivity index (χ1n) is 9.61. The molecule has 0 saturated carbocycles. The van der Waals surface area contributed by atoms with Gasteiger partial charge in [-0.1, -0.05) is 12.1 Å². The second kappa shape index (κ2) is 9.54. The van der Waals surface area contributed by atoms with Crippen molar-refractivity contribution < 1.29 is 47.9 Å². The van der Waals surface area contributed by atoms with Gasteiger partial charge in [-0.15, -0.1) is 0 Å². The van der Waals surface area contributed by atoms with E-state index in [1.807, 2.05) is 9.44 Å². The molecule has 0 aliphatic heterocycles.